The molecule has 1 aliphatic rings. The first-order valence-corrected chi connectivity index (χ1v) is 8.30. The predicted molar refractivity (Wildman–Crippen MR) is 91.9 cm³/mol. The van der Waals surface area contributed by atoms with E-state index in [1.807, 2.05) is 24.6 Å². The van der Waals surface area contributed by atoms with Gasteiger partial charge in [-0.25, -0.2) is 0 Å². The quantitative estimate of drug-likeness (QED) is 0.484. The molecule has 4 rings (SSSR count). The van der Waals surface area contributed by atoms with Crippen LogP contribution in [0.25, 0.3) is 16.6 Å². The van der Waals surface area contributed by atoms with Gasteiger partial charge >= 0.3 is 0 Å². The topological polar surface area (TPSA) is 110 Å². The molecule has 0 unspecified atom stereocenters. The molecule has 0 fully saturated rings. The zero-order valence-electron chi connectivity index (χ0n) is 12.5. The summed E-state index contributed by atoms with van der Waals surface area (Å²) in [6.45, 7) is 0. The number of H-pyrrole nitrogens is 1. The molecule has 0 radical (unpaired) electrons. The molecular weight excluding hydrogens is 328 g/mol. The highest BCUT2D eigenvalue weighted by Crippen LogP contribution is 2.29. The van der Waals surface area contributed by atoms with Crippen LogP contribution in [0.4, 0.5) is 5.82 Å². The Bertz CT molecular complexity index is 1100. The Morgan fingerprint density at radius 1 is 1.12 bits per heavy atom. The Kier molecular flexibility index (Phi) is 3.04. The standard InChI is InChI=1S/C16H12N4O3S/c1-24-11-6-18-10-3-2-7(4-8(10)11)20-12(21)5-9-13(14(20)17)16(23)19-15(9)22/h2-6,18H,17H2,1H3,(H,19,22,23). The zero-order valence-corrected chi connectivity index (χ0v) is 13.4. The summed E-state index contributed by atoms with van der Waals surface area (Å²) in [5.41, 5.74) is 7.12. The van der Waals surface area contributed by atoms with Gasteiger partial charge in [0.15, 0.2) is 0 Å². The van der Waals surface area contributed by atoms with E-state index < -0.39 is 17.4 Å². The Labute approximate surface area is 139 Å². The summed E-state index contributed by atoms with van der Waals surface area (Å²) >= 11 is 1.58. The number of aromatic amines is 1. The highest BCUT2D eigenvalue weighted by atomic mass is 32.2. The largest absolute Gasteiger partial charge is 0.384 e. The van der Waals surface area contributed by atoms with E-state index in [1.165, 1.54) is 4.57 Å². The molecule has 24 heavy (non-hydrogen) atoms. The molecule has 120 valence electrons. The smallest absolute Gasteiger partial charge is 0.262 e. The number of aromatic nitrogens is 2. The van der Waals surface area contributed by atoms with E-state index in [-0.39, 0.29) is 16.9 Å². The van der Waals surface area contributed by atoms with E-state index >= 15 is 0 Å². The Hall–Kier alpha value is -3.00. The summed E-state index contributed by atoms with van der Waals surface area (Å²) in [5.74, 6) is -1.23. The van der Waals surface area contributed by atoms with E-state index in [0.29, 0.717) is 5.69 Å². The summed E-state index contributed by atoms with van der Waals surface area (Å²) < 4.78 is 1.24. The van der Waals surface area contributed by atoms with Crippen molar-refractivity contribution < 1.29 is 9.59 Å². The summed E-state index contributed by atoms with van der Waals surface area (Å²) in [7, 11) is 0. The average molecular weight is 340 g/mol. The first kappa shape index (κ1) is 14.6. The number of amides is 2. The van der Waals surface area contributed by atoms with Crippen molar-refractivity contribution in [2.75, 3.05) is 12.0 Å². The number of nitrogens with one attached hydrogen (secondary N) is 2. The third-order valence-electron chi connectivity index (χ3n) is 4.06. The van der Waals surface area contributed by atoms with Crippen molar-refractivity contribution in [2.45, 2.75) is 4.90 Å². The first-order chi connectivity index (χ1) is 11.5. The summed E-state index contributed by atoms with van der Waals surface area (Å²) in [5, 5.41) is 3.11. The number of thioether (sulfide) groups is 1. The van der Waals surface area contributed by atoms with Gasteiger partial charge < -0.3 is 10.7 Å². The van der Waals surface area contributed by atoms with Crippen molar-refractivity contribution in [2.24, 2.45) is 0 Å². The maximum atomic E-state index is 12.5. The fraction of sp³-hybridized carbons (Fsp3) is 0.0625. The molecule has 7 nitrogen and oxygen atoms in total. The molecule has 0 saturated heterocycles. The van der Waals surface area contributed by atoms with Crippen LogP contribution < -0.4 is 16.6 Å². The van der Waals surface area contributed by atoms with Gasteiger partial charge in [0.05, 0.1) is 16.8 Å². The van der Waals surface area contributed by atoms with E-state index in [0.717, 1.165) is 21.9 Å². The molecule has 4 N–H and O–H groups in total. The van der Waals surface area contributed by atoms with Crippen LogP contribution in [0.2, 0.25) is 0 Å². The van der Waals surface area contributed by atoms with Gasteiger partial charge in [0.1, 0.15) is 5.82 Å². The van der Waals surface area contributed by atoms with Crippen molar-refractivity contribution >= 4 is 40.3 Å². The zero-order chi connectivity index (χ0) is 17.0. The molecule has 3 heterocycles. The number of fused-ring (bicyclic) bond motifs is 2. The third kappa shape index (κ3) is 1.89. The molecule has 1 aliphatic heterocycles. The van der Waals surface area contributed by atoms with Crippen LogP contribution in [0.5, 0.6) is 0 Å². The molecule has 0 spiro atoms. The van der Waals surface area contributed by atoms with Gasteiger partial charge in [0.25, 0.3) is 17.4 Å². The van der Waals surface area contributed by atoms with Gasteiger partial charge in [-0.3, -0.25) is 24.3 Å². The lowest BCUT2D eigenvalue weighted by Crippen LogP contribution is -2.24. The van der Waals surface area contributed by atoms with Crippen molar-refractivity contribution in [3.8, 4) is 5.69 Å². The Morgan fingerprint density at radius 2 is 1.92 bits per heavy atom. The second-order valence-electron chi connectivity index (χ2n) is 5.36. The average Bonchev–Trinajstić information content (AvgIpc) is 3.08. The summed E-state index contributed by atoms with van der Waals surface area (Å²) in [6, 6.07) is 6.55. The second-order valence-corrected chi connectivity index (χ2v) is 6.21. The molecule has 2 aromatic heterocycles. The predicted octanol–water partition coefficient (Wildman–Crippen LogP) is 1.51. The second kappa shape index (κ2) is 5.00. The van der Waals surface area contributed by atoms with E-state index in [4.69, 9.17) is 5.73 Å². The minimum atomic E-state index is -0.600. The van der Waals surface area contributed by atoms with Gasteiger partial charge in [0.2, 0.25) is 0 Å². The van der Waals surface area contributed by atoms with Crippen LogP contribution in [0.1, 0.15) is 20.7 Å². The van der Waals surface area contributed by atoms with Crippen LogP contribution in [-0.4, -0.2) is 27.6 Å². The van der Waals surface area contributed by atoms with Crippen molar-refractivity contribution in [1.29, 1.82) is 0 Å². The molecule has 0 aliphatic carbocycles. The van der Waals surface area contributed by atoms with Crippen molar-refractivity contribution in [3.63, 3.8) is 0 Å². The molecule has 8 heteroatoms. The lowest BCUT2D eigenvalue weighted by Gasteiger charge is -2.12. The maximum absolute atomic E-state index is 12.5. The number of nitrogens with two attached hydrogens (primary N) is 1. The number of rotatable bonds is 2. The van der Waals surface area contributed by atoms with E-state index in [9.17, 15) is 14.4 Å². The number of benzene rings is 1. The molecule has 3 aromatic rings. The SMILES string of the molecule is CSc1c[nH]c2ccc(-n3c(N)c4c(cc3=O)C(=O)NC4=O)cc12. The fourth-order valence-corrected chi connectivity index (χ4v) is 3.50. The highest BCUT2D eigenvalue weighted by Gasteiger charge is 2.31. The minimum absolute atomic E-state index is 0.0197. The first-order valence-electron chi connectivity index (χ1n) is 7.08. The molecule has 2 amide bonds. The van der Waals surface area contributed by atoms with Crippen LogP contribution >= 0.6 is 11.8 Å². The molecule has 0 atom stereocenters. The van der Waals surface area contributed by atoms with Crippen molar-refractivity contribution in [3.05, 3.63) is 51.9 Å². The summed E-state index contributed by atoms with van der Waals surface area (Å²) in [6.07, 6.45) is 3.85. The number of hydrogen-bond donors (Lipinski definition) is 3. The molecular formula is C16H12N4O3S. The number of carbonyl (C=O) groups is 2. The van der Waals surface area contributed by atoms with Gasteiger partial charge in [-0.1, -0.05) is 0 Å². The molecule has 0 saturated carbocycles. The maximum Gasteiger partial charge on any atom is 0.262 e. The van der Waals surface area contributed by atoms with Crippen molar-refractivity contribution in [1.82, 2.24) is 14.9 Å². The van der Waals surface area contributed by atoms with Crippen LogP contribution in [0.3, 0.4) is 0 Å². The lowest BCUT2D eigenvalue weighted by molar-refractivity contribution is 0.0880. The van der Waals surface area contributed by atoms with Gasteiger partial charge in [-0.05, 0) is 24.5 Å². The number of anilines is 1. The van der Waals surface area contributed by atoms with Gasteiger partial charge in [-0.2, -0.15) is 0 Å². The summed E-state index contributed by atoms with van der Waals surface area (Å²) in [4.78, 5) is 40.3. The van der Waals surface area contributed by atoms with Crippen LogP contribution in [0.15, 0.2) is 40.2 Å². The number of hydrogen-bond acceptors (Lipinski definition) is 5. The normalized spacial score (nSPS) is 13.4. The number of pyridine rings is 1. The van der Waals surface area contributed by atoms with Crippen LogP contribution in [-0.2, 0) is 0 Å². The number of carbonyl (C=O) groups excluding carboxylic acids is 2. The number of imide groups is 1. The number of nitrogen functional groups attached to an aromatic ring is 1. The van der Waals surface area contributed by atoms with Gasteiger partial charge in [-0.15, -0.1) is 11.8 Å². The Morgan fingerprint density at radius 3 is 2.67 bits per heavy atom. The molecule has 1 aromatic carbocycles. The monoisotopic (exact) mass is 340 g/mol. The molecule has 0 bridgehead atoms. The lowest BCUT2D eigenvalue weighted by atomic mass is 10.1. The number of nitrogens with zero attached hydrogens (tertiary/aromatic N) is 1. The van der Waals surface area contributed by atoms with E-state index in [1.54, 1.807) is 17.8 Å². The van der Waals surface area contributed by atoms with Gasteiger partial charge in [0, 0.05) is 28.1 Å². The fourth-order valence-electron chi connectivity index (χ4n) is 2.94. The minimum Gasteiger partial charge on any atom is -0.384 e. The Balaban J connectivity index is 2.01. The van der Waals surface area contributed by atoms with E-state index in [2.05, 4.69) is 10.3 Å². The third-order valence-corrected chi connectivity index (χ3v) is 4.84. The van der Waals surface area contributed by atoms with Crippen LogP contribution in [0, 0.1) is 0 Å². The highest BCUT2D eigenvalue weighted by molar-refractivity contribution is 7.98.